The lowest BCUT2D eigenvalue weighted by molar-refractivity contribution is 0.672. The third kappa shape index (κ3) is 2.92. The molecule has 2 N–H and O–H groups in total. The fourth-order valence-corrected chi connectivity index (χ4v) is 1.41. The fraction of sp³-hybridized carbons (Fsp3) is 0.667. The second-order valence-corrected chi connectivity index (χ2v) is 4.05. The average Bonchev–Trinajstić information content (AvgIpc) is 2.35. The van der Waals surface area contributed by atoms with Crippen molar-refractivity contribution >= 4 is 5.95 Å². The van der Waals surface area contributed by atoms with Gasteiger partial charge < -0.3 is 10.6 Å². The van der Waals surface area contributed by atoms with E-state index in [4.69, 9.17) is 5.73 Å². The second-order valence-electron chi connectivity index (χ2n) is 4.05. The molecule has 0 saturated carbocycles. The van der Waals surface area contributed by atoms with Crippen LogP contribution in [0.4, 0.5) is 5.95 Å². The number of anilines is 1. The molecule has 1 rings (SSSR count). The average molecular weight is 222 g/mol. The van der Waals surface area contributed by atoms with Crippen LogP contribution in [-0.2, 0) is 12.8 Å². The number of nitrogens with two attached hydrogens (primary N) is 1. The molecule has 1 unspecified atom stereocenters. The molecule has 90 valence electrons. The molecule has 0 aliphatic rings. The summed E-state index contributed by atoms with van der Waals surface area (Å²) in [6.45, 7) is 6.90. The summed E-state index contributed by atoms with van der Waals surface area (Å²) in [6.07, 6.45) is 1.88. The molecule has 0 saturated heterocycles. The van der Waals surface area contributed by atoms with Crippen molar-refractivity contribution in [2.24, 2.45) is 5.73 Å². The number of aromatic nitrogens is 2. The highest BCUT2D eigenvalue weighted by atomic mass is 15.3. The Morgan fingerprint density at radius 2 is 1.75 bits per heavy atom. The highest BCUT2D eigenvalue weighted by Gasteiger charge is 2.12. The Bertz CT molecular complexity index is 316. The van der Waals surface area contributed by atoms with Gasteiger partial charge in [-0.15, -0.1) is 0 Å². The molecule has 1 atom stereocenters. The van der Waals surface area contributed by atoms with Crippen molar-refractivity contribution < 1.29 is 0 Å². The van der Waals surface area contributed by atoms with Gasteiger partial charge in [0.1, 0.15) is 0 Å². The maximum Gasteiger partial charge on any atom is 0.225 e. The van der Waals surface area contributed by atoms with E-state index < -0.39 is 0 Å². The molecule has 1 aromatic rings. The summed E-state index contributed by atoms with van der Waals surface area (Å²) in [5.41, 5.74) is 7.84. The van der Waals surface area contributed by atoms with Gasteiger partial charge in [0.25, 0.3) is 0 Å². The fourth-order valence-electron chi connectivity index (χ4n) is 1.41. The molecule has 1 heterocycles. The van der Waals surface area contributed by atoms with E-state index in [1.54, 1.807) is 0 Å². The van der Waals surface area contributed by atoms with Crippen LogP contribution in [0.5, 0.6) is 0 Å². The van der Waals surface area contributed by atoms with Gasteiger partial charge in [-0.2, -0.15) is 0 Å². The number of hydrogen-bond donors (Lipinski definition) is 1. The number of hydrogen-bond acceptors (Lipinski definition) is 4. The highest BCUT2D eigenvalue weighted by Crippen LogP contribution is 2.12. The molecule has 0 aliphatic heterocycles. The van der Waals surface area contributed by atoms with Crippen LogP contribution in [0.15, 0.2) is 6.07 Å². The van der Waals surface area contributed by atoms with Crippen LogP contribution in [0.2, 0.25) is 0 Å². The molecule has 16 heavy (non-hydrogen) atoms. The van der Waals surface area contributed by atoms with Crippen molar-refractivity contribution in [1.82, 2.24) is 9.97 Å². The van der Waals surface area contributed by atoms with Gasteiger partial charge in [0, 0.05) is 31.0 Å². The first-order chi connectivity index (χ1) is 7.62. The SMILES string of the molecule is CCc1cc(CC)nc(N(C)C(C)CN)n1. The maximum absolute atomic E-state index is 5.65. The van der Waals surface area contributed by atoms with E-state index in [-0.39, 0.29) is 6.04 Å². The summed E-state index contributed by atoms with van der Waals surface area (Å²) in [5, 5.41) is 0. The Morgan fingerprint density at radius 1 is 1.25 bits per heavy atom. The number of likely N-dealkylation sites (N-methyl/N-ethyl adjacent to an activating group) is 1. The summed E-state index contributed by atoms with van der Waals surface area (Å²) in [5.74, 6) is 0.786. The molecule has 0 bridgehead atoms. The summed E-state index contributed by atoms with van der Waals surface area (Å²) < 4.78 is 0. The molecule has 4 nitrogen and oxygen atoms in total. The summed E-state index contributed by atoms with van der Waals surface area (Å²) >= 11 is 0. The molecule has 1 aromatic heterocycles. The molecule has 0 amide bonds. The first kappa shape index (κ1) is 12.9. The van der Waals surface area contributed by atoms with Gasteiger partial charge in [0.2, 0.25) is 5.95 Å². The number of rotatable bonds is 5. The predicted molar refractivity (Wildman–Crippen MR) is 67.7 cm³/mol. The zero-order chi connectivity index (χ0) is 12.1. The minimum absolute atomic E-state index is 0.261. The first-order valence-electron chi connectivity index (χ1n) is 5.92. The first-order valence-corrected chi connectivity index (χ1v) is 5.92. The minimum Gasteiger partial charge on any atom is -0.340 e. The quantitative estimate of drug-likeness (QED) is 0.818. The Kier molecular flexibility index (Phi) is 4.68. The smallest absolute Gasteiger partial charge is 0.225 e. The van der Waals surface area contributed by atoms with E-state index in [9.17, 15) is 0 Å². The summed E-state index contributed by atoms with van der Waals surface area (Å²) in [4.78, 5) is 11.1. The highest BCUT2D eigenvalue weighted by molar-refractivity contribution is 5.33. The molecular weight excluding hydrogens is 200 g/mol. The number of nitrogens with zero attached hydrogens (tertiary/aromatic N) is 3. The molecule has 4 heteroatoms. The Morgan fingerprint density at radius 3 is 2.12 bits per heavy atom. The largest absolute Gasteiger partial charge is 0.340 e. The van der Waals surface area contributed by atoms with Crippen LogP contribution in [-0.4, -0.2) is 29.6 Å². The zero-order valence-corrected chi connectivity index (χ0v) is 10.7. The van der Waals surface area contributed by atoms with Crippen LogP contribution in [0.3, 0.4) is 0 Å². The normalized spacial score (nSPS) is 12.6. The van der Waals surface area contributed by atoms with E-state index in [2.05, 4.69) is 36.8 Å². The van der Waals surface area contributed by atoms with Gasteiger partial charge >= 0.3 is 0 Å². The second kappa shape index (κ2) is 5.80. The topological polar surface area (TPSA) is 55.0 Å². The lowest BCUT2D eigenvalue weighted by atomic mass is 10.2. The van der Waals surface area contributed by atoms with E-state index in [0.717, 1.165) is 30.2 Å². The predicted octanol–water partition coefficient (Wildman–Crippen LogP) is 1.38. The van der Waals surface area contributed by atoms with Gasteiger partial charge in [0.15, 0.2) is 0 Å². The Hall–Kier alpha value is -1.16. The van der Waals surface area contributed by atoms with E-state index in [1.165, 1.54) is 0 Å². The molecule has 0 aromatic carbocycles. The van der Waals surface area contributed by atoms with Gasteiger partial charge in [-0.1, -0.05) is 13.8 Å². The van der Waals surface area contributed by atoms with Gasteiger partial charge in [-0.05, 0) is 25.8 Å². The van der Waals surface area contributed by atoms with Crippen molar-refractivity contribution in [1.29, 1.82) is 0 Å². The van der Waals surface area contributed by atoms with Crippen LogP contribution in [0.25, 0.3) is 0 Å². The van der Waals surface area contributed by atoms with Gasteiger partial charge in [0.05, 0.1) is 0 Å². The standard InChI is InChI=1S/C12H22N4/c1-5-10-7-11(6-2)15-12(14-10)16(4)9(3)8-13/h7,9H,5-6,8,13H2,1-4H3. The van der Waals surface area contributed by atoms with Crippen LogP contribution < -0.4 is 10.6 Å². The number of aryl methyl sites for hydroxylation is 2. The molecule has 0 fully saturated rings. The van der Waals surface area contributed by atoms with Crippen molar-refractivity contribution in [2.45, 2.75) is 39.7 Å². The van der Waals surface area contributed by atoms with Crippen molar-refractivity contribution in [3.63, 3.8) is 0 Å². The van der Waals surface area contributed by atoms with Crippen molar-refractivity contribution in [3.8, 4) is 0 Å². The molecular formula is C12H22N4. The molecule has 0 radical (unpaired) electrons. The molecule has 0 aliphatic carbocycles. The lowest BCUT2D eigenvalue weighted by Gasteiger charge is -2.24. The monoisotopic (exact) mass is 222 g/mol. The van der Waals surface area contributed by atoms with Crippen LogP contribution >= 0.6 is 0 Å². The van der Waals surface area contributed by atoms with Crippen LogP contribution in [0.1, 0.15) is 32.2 Å². The third-order valence-electron chi connectivity index (χ3n) is 2.86. The van der Waals surface area contributed by atoms with Crippen LogP contribution in [0, 0.1) is 0 Å². The van der Waals surface area contributed by atoms with Crippen molar-refractivity contribution in [3.05, 3.63) is 17.5 Å². The zero-order valence-electron chi connectivity index (χ0n) is 10.7. The van der Waals surface area contributed by atoms with Gasteiger partial charge in [-0.25, -0.2) is 9.97 Å². The van der Waals surface area contributed by atoms with E-state index >= 15 is 0 Å². The van der Waals surface area contributed by atoms with E-state index in [1.807, 2.05) is 11.9 Å². The Labute approximate surface area is 97.9 Å². The molecule has 0 spiro atoms. The minimum atomic E-state index is 0.261. The summed E-state index contributed by atoms with van der Waals surface area (Å²) in [6, 6.07) is 2.33. The van der Waals surface area contributed by atoms with E-state index in [0.29, 0.717) is 6.54 Å². The third-order valence-corrected chi connectivity index (χ3v) is 2.86. The lowest BCUT2D eigenvalue weighted by Crippen LogP contribution is -2.36. The van der Waals surface area contributed by atoms with Gasteiger partial charge in [-0.3, -0.25) is 0 Å². The maximum atomic E-state index is 5.65. The Balaban J connectivity index is 3.02. The van der Waals surface area contributed by atoms with Crippen molar-refractivity contribution in [2.75, 3.05) is 18.5 Å². The summed E-state index contributed by atoms with van der Waals surface area (Å²) in [7, 11) is 1.99.